The molecule has 0 amide bonds. The number of rotatable bonds is 6. The molecule has 0 aliphatic carbocycles. The van der Waals surface area contributed by atoms with Gasteiger partial charge in [0.05, 0.1) is 0 Å². The highest BCUT2D eigenvalue weighted by Crippen LogP contribution is 2.11. The number of aryl methyl sites for hydroxylation is 1. The van der Waals surface area contributed by atoms with E-state index < -0.39 is 12.0 Å². The van der Waals surface area contributed by atoms with Crippen LogP contribution < -0.4 is 0 Å². The standard InChI is InChI=1S/C14H21NO2/c1-4-15(5-2)13(14(16)17)10-12-8-6-7-11(3)9-12/h6-9,13H,4-5,10H2,1-3H3,(H,16,17)/t13-/m1/s1. The fourth-order valence-corrected chi connectivity index (χ4v) is 2.10. The van der Waals surface area contributed by atoms with Gasteiger partial charge in [0, 0.05) is 0 Å². The van der Waals surface area contributed by atoms with Crippen LogP contribution in [0.4, 0.5) is 0 Å². The maximum atomic E-state index is 11.3. The smallest absolute Gasteiger partial charge is 0.321 e. The van der Waals surface area contributed by atoms with Gasteiger partial charge in [-0.3, -0.25) is 9.69 Å². The van der Waals surface area contributed by atoms with Crippen LogP contribution in [0.2, 0.25) is 0 Å². The summed E-state index contributed by atoms with van der Waals surface area (Å²) < 4.78 is 0. The monoisotopic (exact) mass is 235 g/mol. The first-order chi connectivity index (χ1) is 8.08. The molecule has 1 aromatic carbocycles. The summed E-state index contributed by atoms with van der Waals surface area (Å²) in [5, 5.41) is 9.29. The summed E-state index contributed by atoms with van der Waals surface area (Å²) in [5.74, 6) is -0.741. The van der Waals surface area contributed by atoms with E-state index in [2.05, 4.69) is 6.07 Å². The molecule has 17 heavy (non-hydrogen) atoms. The van der Waals surface area contributed by atoms with Gasteiger partial charge in [0.2, 0.25) is 0 Å². The molecule has 1 aromatic rings. The molecule has 1 N–H and O–H groups in total. The Hall–Kier alpha value is -1.35. The lowest BCUT2D eigenvalue weighted by atomic mass is 10.0. The average Bonchev–Trinajstić information content (AvgIpc) is 2.29. The van der Waals surface area contributed by atoms with Gasteiger partial charge in [0.25, 0.3) is 0 Å². The maximum Gasteiger partial charge on any atom is 0.321 e. The van der Waals surface area contributed by atoms with Crippen LogP contribution in [-0.4, -0.2) is 35.1 Å². The van der Waals surface area contributed by atoms with Crippen molar-refractivity contribution in [2.24, 2.45) is 0 Å². The molecule has 0 aliphatic heterocycles. The van der Waals surface area contributed by atoms with E-state index >= 15 is 0 Å². The zero-order chi connectivity index (χ0) is 12.8. The Bertz CT molecular complexity index is 372. The number of aliphatic carboxylic acids is 1. The predicted molar refractivity (Wildman–Crippen MR) is 69.2 cm³/mol. The second-order valence-electron chi connectivity index (χ2n) is 4.27. The first-order valence-electron chi connectivity index (χ1n) is 6.10. The Kier molecular flexibility index (Phi) is 5.16. The van der Waals surface area contributed by atoms with Crippen LogP contribution in [0.5, 0.6) is 0 Å². The van der Waals surface area contributed by atoms with Crippen molar-refractivity contribution in [3.8, 4) is 0 Å². The summed E-state index contributed by atoms with van der Waals surface area (Å²) in [6.07, 6.45) is 0.568. The Morgan fingerprint density at radius 1 is 1.35 bits per heavy atom. The van der Waals surface area contributed by atoms with Gasteiger partial charge >= 0.3 is 5.97 Å². The Morgan fingerprint density at radius 3 is 2.47 bits per heavy atom. The van der Waals surface area contributed by atoms with E-state index in [4.69, 9.17) is 0 Å². The van der Waals surface area contributed by atoms with Gasteiger partial charge in [0.15, 0.2) is 0 Å². The van der Waals surface area contributed by atoms with E-state index in [0.717, 1.165) is 18.7 Å². The van der Waals surface area contributed by atoms with Crippen LogP contribution >= 0.6 is 0 Å². The highest BCUT2D eigenvalue weighted by molar-refractivity contribution is 5.74. The highest BCUT2D eigenvalue weighted by atomic mass is 16.4. The van der Waals surface area contributed by atoms with Crippen molar-refractivity contribution in [2.75, 3.05) is 13.1 Å². The van der Waals surface area contributed by atoms with Crippen molar-refractivity contribution < 1.29 is 9.90 Å². The zero-order valence-corrected chi connectivity index (χ0v) is 10.8. The summed E-state index contributed by atoms with van der Waals surface area (Å²) in [7, 11) is 0. The fourth-order valence-electron chi connectivity index (χ4n) is 2.10. The highest BCUT2D eigenvalue weighted by Gasteiger charge is 2.23. The fraction of sp³-hybridized carbons (Fsp3) is 0.500. The van der Waals surface area contributed by atoms with E-state index in [9.17, 15) is 9.90 Å². The third kappa shape index (κ3) is 3.86. The normalized spacial score (nSPS) is 12.7. The minimum absolute atomic E-state index is 0.424. The van der Waals surface area contributed by atoms with E-state index in [-0.39, 0.29) is 0 Å². The molecule has 0 aromatic heterocycles. The van der Waals surface area contributed by atoms with Crippen molar-refractivity contribution in [3.63, 3.8) is 0 Å². The summed E-state index contributed by atoms with van der Waals surface area (Å²) in [6.45, 7) is 7.54. The number of hydrogen-bond acceptors (Lipinski definition) is 2. The van der Waals surface area contributed by atoms with Gasteiger partial charge in [-0.05, 0) is 32.0 Å². The number of carboxylic acid groups (broad SMARTS) is 1. The summed E-state index contributed by atoms with van der Waals surface area (Å²) >= 11 is 0. The minimum atomic E-state index is -0.741. The first kappa shape index (κ1) is 13.7. The largest absolute Gasteiger partial charge is 0.480 e. The van der Waals surface area contributed by atoms with Crippen LogP contribution in [-0.2, 0) is 11.2 Å². The lowest BCUT2D eigenvalue weighted by Crippen LogP contribution is -2.42. The molecule has 0 spiro atoms. The average molecular weight is 235 g/mol. The van der Waals surface area contributed by atoms with Gasteiger partial charge in [0.1, 0.15) is 6.04 Å². The molecule has 0 bridgehead atoms. The number of carbonyl (C=O) groups is 1. The third-order valence-corrected chi connectivity index (χ3v) is 3.05. The van der Waals surface area contributed by atoms with E-state index in [0.29, 0.717) is 6.42 Å². The van der Waals surface area contributed by atoms with Crippen molar-refractivity contribution in [3.05, 3.63) is 35.4 Å². The summed E-state index contributed by atoms with van der Waals surface area (Å²) in [6, 6.07) is 7.63. The second-order valence-corrected chi connectivity index (χ2v) is 4.27. The summed E-state index contributed by atoms with van der Waals surface area (Å²) in [4.78, 5) is 13.3. The molecule has 0 aliphatic rings. The van der Waals surface area contributed by atoms with Crippen LogP contribution in [0.3, 0.4) is 0 Å². The SMILES string of the molecule is CCN(CC)[C@H](Cc1cccc(C)c1)C(=O)O. The molecule has 0 saturated heterocycles. The molecule has 0 radical (unpaired) electrons. The Morgan fingerprint density at radius 2 is 2.00 bits per heavy atom. The zero-order valence-electron chi connectivity index (χ0n) is 10.8. The first-order valence-corrected chi connectivity index (χ1v) is 6.10. The molecule has 94 valence electrons. The molecular weight excluding hydrogens is 214 g/mol. The summed E-state index contributed by atoms with van der Waals surface area (Å²) in [5.41, 5.74) is 2.26. The van der Waals surface area contributed by atoms with Crippen LogP contribution in [0.25, 0.3) is 0 Å². The molecule has 0 fully saturated rings. The number of likely N-dealkylation sites (N-methyl/N-ethyl adjacent to an activating group) is 1. The lowest BCUT2D eigenvalue weighted by molar-refractivity contribution is -0.143. The van der Waals surface area contributed by atoms with Crippen molar-refractivity contribution in [2.45, 2.75) is 33.2 Å². The molecule has 0 heterocycles. The molecule has 0 unspecified atom stereocenters. The van der Waals surface area contributed by atoms with Gasteiger partial charge in [-0.15, -0.1) is 0 Å². The van der Waals surface area contributed by atoms with Gasteiger partial charge in [-0.2, -0.15) is 0 Å². The Balaban J connectivity index is 2.83. The van der Waals surface area contributed by atoms with Gasteiger partial charge in [-0.1, -0.05) is 43.7 Å². The van der Waals surface area contributed by atoms with Crippen LogP contribution in [0.1, 0.15) is 25.0 Å². The number of carboxylic acids is 1. The third-order valence-electron chi connectivity index (χ3n) is 3.05. The van der Waals surface area contributed by atoms with Gasteiger partial charge in [-0.25, -0.2) is 0 Å². The van der Waals surface area contributed by atoms with Crippen LogP contribution in [0, 0.1) is 6.92 Å². The van der Waals surface area contributed by atoms with E-state index in [1.54, 1.807) is 0 Å². The Labute approximate surface area is 103 Å². The van der Waals surface area contributed by atoms with Crippen molar-refractivity contribution >= 4 is 5.97 Å². The van der Waals surface area contributed by atoms with Crippen molar-refractivity contribution in [1.29, 1.82) is 0 Å². The van der Waals surface area contributed by atoms with Crippen LogP contribution in [0.15, 0.2) is 24.3 Å². The predicted octanol–water partition coefficient (Wildman–Crippen LogP) is 2.33. The number of nitrogens with zero attached hydrogens (tertiary/aromatic N) is 1. The lowest BCUT2D eigenvalue weighted by Gasteiger charge is -2.26. The molecule has 0 saturated carbocycles. The van der Waals surface area contributed by atoms with Gasteiger partial charge < -0.3 is 5.11 Å². The molecule has 3 nitrogen and oxygen atoms in total. The molecular formula is C14H21NO2. The topological polar surface area (TPSA) is 40.5 Å². The number of hydrogen-bond donors (Lipinski definition) is 1. The van der Waals surface area contributed by atoms with Crippen molar-refractivity contribution in [1.82, 2.24) is 4.90 Å². The van der Waals surface area contributed by atoms with E-state index in [1.165, 1.54) is 5.56 Å². The molecule has 1 rings (SSSR count). The maximum absolute atomic E-state index is 11.3. The number of benzene rings is 1. The molecule has 1 atom stereocenters. The quantitative estimate of drug-likeness (QED) is 0.822. The minimum Gasteiger partial charge on any atom is -0.480 e. The molecule has 3 heteroatoms. The second kappa shape index (κ2) is 6.40. The van der Waals surface area contributed by atoms with E-state index in [1.807, 2.05) is 43.9 Å².